The van der Waals surface area contributed by atoms with Crippen LogP contribution in [0.3, 0.4) is 0 Å². The molecule has 2 fully saturated rings. The molecule has 0 unspecified atom stereocenters. The van der Waals surface area contributed by atoms with Gasteiger partial charge in [-0.2, -0.15) is 0 Å². The number of unbranched alkanes of at least 4 members (excludes halogenated alkanes) is 1. The molecule has 1 saturated carbocycles. The molecule has 0 radical (unpaired) electrons. The van der Waals surface area contributed by atoms with Gasteiger partial charge in [-0.25, -0.2) is 0 Å². The van der Waals surface area contributed by atoms with Gasteiger partial charge in [0.15, 0.2) is 0 Å². The average Bonchev–Trinajstić information content (AvgIpc) is 2.30. The maximum Gasteiger partial charge on any atom is 0.0586 e. The molecule has 1 aliphatic carbocycles. The fraction of sp³-hybridized carbons (Fsp3) is 1.00. The highest BCUT2D eigenvalue weighted by Crippen LogP contribution is 2.41. The maximum absolute atomic E-state index is 10.3. The molecule has 2 rings (SSSR count). The molecular formula is C14H27NO. The molecule has 2 heteroatoms. The van der Waals surface area contributed by atoms with Crippen LogP contribution in [0.2, 0.25) is 0 Å². The van der Waals surface area contributed by atoms with Crippen molar-refractivity contribution in [2.45, 2.75) is 76.4 Å². The Morgan fingerprint density at radius 3 is 2.75 bits per heavy atom. The van der Waals surface area contributed by atoms with Crippen LogP contribution in [0.1, 0.15) is 64.7 Å². The SMILES string of the molecule is CCCC[C@@H]1[C@H](O)CCC[C@]12CCCCN2. The molecule has 0 aromatic heterocycles. The lowest BCUT2D eigenvalue weighted by Gasteiger charge is -2.50. The first kappa shape index (κ1) is 12.4. The minimum absolute atomic E-state index is 0.0501. The van der Waals surface area contributed by atoms with Crippen molar-refractivity contribution < 1.29 is 5.11 Å². The molecule has 1 spiro atoms. The smallest absolute Gasteiger partial charge is 0.0586 e. The lowest BCUT2D eigenvalue weighted by atomic mass is 9.65. The molecule has 1 saturated heterocycles. The molecule has 94 valence electrons. The largest absolute Gasteiger partial charge is 0.393 e. The average molecular weight is 225 g/mol. The second-order valence-corrected chi connectivity index (χ2v) is 5.75. The molecule has 3 atom stereocenters. The molecule has 2 N–H and O–H groups in total. The van der Waals surface area contributed by atoms with Gasteiger partial charge >= 0.3 is 0 Å². The van der Waals surface area contributed by atoms with Gasteiger partial charge in [0.1, 0.15) is 0 Å². The monoisotopic (exact) mass is 225 g/mol. The summed E-state index contributed by atoms with van der Waals surface area (Å²) in [6.45, 7) is 3.41. The van der Waals surface area contributed by atoms with E-state index in [1.165, 1.54) is 51.4 Å². The van der Waals surface area contributed by atoms with Crippen LogP contribution in [-0.2, 0) is 0 Å². The van der Waals surface area contributed by atoms with Crippen LogP contribution in [0.4, 0.5) is 0 Å². The Labute approximate surface area is 99.8 Å². The third-order valence-electron chi connectivity index (χ3n) is 4.69. The second-order valence-electron chi connectivity index (χ2n) is 5.75. The van der Waals surface area contributed by atoms with Gasteiger partial charge in [0.2, 0.25) is 0 Å². The lowest BCUT2D eigenvalue weighted by molar-refractivity contribution is -0.0166. The summed E-state index contributed by atoms with van der Waals surface area (Å²) < 4.78 is 0. The number of hydrogen-bond donors (Lipinski definition) is 2. The van der Waals surface area contributed by atoms with Crippen molar-refractivity contribution >= 4 is 0 Å². The van der Waals surface area contributed by atoms with Crippen LogP contribution in [0.5, 0.6) is 0 Å². The van der Waals surface area contributed by atoms with Gasteiger partial charge in [-0.15, -0.1) is 0 Å². The fourth-order valence-corrected chi connectivity index (χ4v) is 3.80. The summed E-state index contributed by atoms with van der Waals surface area (Å²) in [5.41, 5.74) is 0.297. The number of hydrogen-bond acceptors (Lipinski definition) is 2. The molecule has 0 aromatic carbocycles. The minimum Gasteiger partial charge on any atom is -0.393 e. The number of aliphatic hydroxyl groups excluding tert-OH is 1. The van der Waals surface area contributed by atoms with Gasteiger partial charge in [0.05, 0.1) is 6.10 Å². The molecule has 1 aliphatic heterocycles. The quantitative estimate of drug-likeness (QED) is 0.774. The van der Waals surface area contributed by atoms with Crippen LogP contribution in [-0.4, -0.2) is 23.3 Å². The van der Waals surface area contributed by atoms with E-state index in [1.807, 2.05) is 0 Å². The number of piperidine rings is 1. The van der Waals surface area contributed by atoms with Crippen molar-refractivity contribution in [3.05, 3.63) is 0 Å². The lowest BCUT2D eigenvalue weighted by Crippen LogP contribution is -2.59. The Bertz CT molecular complexity index is 205. The van der Waals surface area contributed by atoms with E-state index in [4.69, 9.17) is 0 Å². The van der Waals surface area contributed by atoms with E-state index in [2.05, 4.69) is 12.2 Å². The van der Waals surface area contributed by atoms with Crippen molar-refractivity contribution in [1.82, 2.24) is 5.32 Å². The topological polar surface area (TPSA) is 32.3 Å². The first-order valence-corrected chi connectivity index (χ1v) is 7.21. The highest BCUT2D eigenvalue weighted by atomic mass is 16.3. The van der Waals surface area contributed by atoms with Crippen molar-refractivity contribution in [2.75, 3.05) is 6.54 Å². The van der Waals surface area contributed by atoms with Crippen molar-refractivity contribution in [2.24, 2.45) is 5.92 Å². The van der Waals surface area contributed by atoms with Gasteiger partial charge in [-0.1, -0.05) is 26.2 Å². The van der Waals surface area contributed by atoms with Crippen molar-refractivity contribution in [3.63, 3.8) is 0 Å². The highest BCUT2D eigenvalue weighted by molar-refractivity contribution is 5.01. The zero-order chi connectivity index (χ0) is 11.4. The molecule has 0 amide bonds. The van der Waals surface area contributed by atoms with Crippen LogP contribution < -0.4 is 5.32 Å². The zero-order valence-electron chi connectivity index (χ0n) is 10.7. The van der Waals surface area contributed by atoms with E-state index >= 15 is 0 Å². The van der Waals surface area contributed by atoms with Crippen LogP contribution in [0.25, 0.3) is 0 Å². The summed E-state index contributed by atoms with van der Waals surface area (Å²) in [6.07, 6.45) is 11.2. The Morgan fingerprint density at radius 1 is 1.25 bits per heavy atom. The van der Waals surface area contributed by atoms with Crippen molar-refractivity contribution in [1.29, 1.82) is 0 Å². The van der Waals surface area contributed by atoms with E-state index < -0.39 is 0 Å². The summed E-state index contributed by atoms with van der Waals surface area (Å²) in [4.78, 5) is 0. The van der Waals surface area contributed by atoms with Crippen LogP contribution in [0, 0.1) is 5.92 Å². The predicted octanol–water partition coefficient (Wildman–Crippen LogP) is 2.85. The Hall–Kier alpha value is -0.0800. The minimum atomic E-state index is -0.0501. The number of nitrogens with one attached hydrogen (secondary N) is 1. The number of rotatable bonds is 3. The Kier molecular flexibility index (Phi) is 4.26. The second kappa shape index (κ2) is 5.50. The van der Waals surface area contributed by atoms with Crippen LogP contribution >= 0.6 is 0 Å². The summed E-state index contributed by atoms with van der Waals surface area (Å²) in [7, 11) is 0. The third-order valence-corrected chi connectivity index (χ3v) is 4.69. The maximum atomic E-state index is 10.3. The van der Waals surface area contributed by atoms with Crippen molar-refractivity contribution in [3.8, 4) is 0 Å². The van der Waals surface area contributed by atoms with E-state index in [9.17, 15) is 5.11 Å². The molecular weight excluding hydrogens is 198 g/mol. The standard InChI is InChI=1S/C14H27NO/c1-2-3-7-12-13(16)8-6-10-14(12)9-4-5-11-15-14/h12-13,15-16H,2-11H2,1H3/t12-,13-,14-/m1/s1. The summed E-state index contributed by atoms with van der Waals surface area (Å²) in [6, 6.07) is 0. The van der Waals surface area contributed by atoms with Gasteiger partial charge in [0.25, 0.3) is 0 Å². The van der Waals surface area contributed by atoms with E-state index in [1.54, 1.807) is 0 Å². The molecule has 1 heterocycles. The molecule has 2 aliphatic rings. The van der Waals surface area contributed by atoms with Gasteiger partial charge < -0.3 is 10.4 Å². The predicted molar refractivity (Wildman–Crippen MR) is 67.5 cm³/mol. The highest BCUT2D eigenvalue weighted by Gasteiger charge is 2.44. The van der Waals surface area contributed by atoms with Gasteiger partial charge in [-0.05, 0) is 45.1 Å². The van der Waals surface area contributed by atoms with Gasteiger partial charge in [0, 0.05) is 11.5 Å². The summed E-state index contributed by atoms with van der Waals surface area (Å²) in [5.74, 6) is 0.515. The van der Waals surface area contributed by atoms with E-state index in [0.29, 0.717) is 11.5 Å². The van der Waals surface area contributed by atoms with E-state index in [0.717, 1.165) is 13.0 Å². The first-order valence-electron chi connectivity index (χ1n) is 7.21. The third kappa shape index (κ3) is 2.43. The Morgan fingerprint density at radius 2 is 2.06 bits per heavy atom. The normalized spacial score (nSPS) is 40.1. The Balaban J connectivity index is 2.05. The molecule has 0 bridgehead atoms. The molecule has 16 heavy (non-hydrogen) atoms. The van der Waals surface area contributed by atoms with E-state index in [-0.39, 0.29) is 6.10 Å². The van der Waals surface area contributed by atoms with Crippen LogP contribution in [0.15, 0.2) is 0 Å². The summed E-state index contributed by atoms with van der Waals surface area (Å²) in [5, 5.41) is 14.0. The summed E-state index contributed by atoms with van der Waals surface area (Å²) >= 11 is 0. The molecule has 2 nitrogen and oxygen atoms in total. The zero-order valence-corrected chi connectivity index (χ0v) is 10.7. The number of aliphatic hydroxyl groups is 1. The fourth-order valence-electron chi connectivity index (χ4n) is 3.80. The van der Waals surface area contributed by atoms with Gasteiger partial charge in [-0.3, -0.25) is 0 Å². The first-order chi connectivity index (χ1) is 7.78. The molecule has 0 aromatic rings.